The molecule has 0 spiro atoms. The van der Waals surface area contributed by atoms with Gasteiger partial charge in [-0.2, -0.15) is 0 Å². The van der Waals surface area contributed by atoms with E-state index in [2.05, 4.69) is 123 Å². The summed E-state index contributed by atoms with van der Waals surface area (Å²) in [5.41, 5.74) is 8.05. The first-order valence-corrected chi connectivity index (χ1v) is 20.9. The van der Waals surface area contributed by atoms with Gasteiger partial charge in [-0.25, -0.2) is 0 Å². The molecule has 0 saturated heterocycles. The summed E-state index contributed by atoms with van der Waals surface area (Å²) in [6.45, 7) is 4.53. The van der Waals surface area contributed by atoms with Crippen LogP contribution in [-0.4, -0.2) is 0 Å². The van der Waals surface area contributed by atoms with Gasteiger partial charge in [0, 0.05) is 33.3 Å². The lowest BCUT2D eigenvalue weighted by Crippen LogP contribution is -2.23. The van der Waals surface area contributed by atoms with Crippen molar-refractivity contribution in [3.8, 4) is 22.3 Å². The average molecular weight is 619 g/mol. The third-order valence-electron chi connectivity index (χ3n) is 9.05. The summed E-state index contributed by atoms with van der Waals surface area (Å²) in [7, 11) is 0. The van der Waals surface area contributed by atoms with E-state index in [1.165, 1.54) is 90.9 Å². The third kappa shape index (κ3) is 4.30. The number of hydrogen-bond donors (Lipinski definition) is 0. The molecule has 0 aromatic heterocycles. The zero-order valence-electron chi connectivity index (χ0n) is 24.3. The molecule has 210 valence electrons. The van der Waals surface area contributed by atoms with Gasteiger partial charge in [0.05, 0.1) is 0 Å². The van der Waals surface area contributed by atoms with Gasteiger partial charge in [-0.05, 0) is 93.9 Å². The lowest BCUT2D eigenvalue weighted by molar-refractivity contribution is 0.795. The largest absolute Gasteiger partial charge is 0.0826 e. The van der Waals surface area contributed by atoms with E-state index in [-0.39, 0.29) is 0 Å². The van der Waals surface area contributed by atoms with Crippen molar-refractivity contribution in [2.45, 2.75) is 52.4 Å². The van der Waals surface area contributed by atoms with Crippen LogP contribution < -0.4 is 31.8 Å². The molecule has 42 heavy (non-hydrogen) atoms. The van der Waals surface area contributed by atoms with Gasteiger partial charge in [0.2, 0.25) is 0 Å². The maximum atomic E-state index is 6.90. The molecular formula is C38H36P2S2. The first-order chi connectivity index (χ1) is 20.5. The molecule has 4 heteroatoms. The van der Waals surface area contributed by atoms with Gasteiger partial charge in [0.15, 0.2) is 0 Å². The normalized spacial score (nSPS) is 19.7. The maximum Gasteiger partial charge on any atom is 0.0392 e. The quantitative estimate of drug-likeness (QED) is 0.159. The van der Waals surface area contributed by atoms with Crippen LogP contribution in [0.4, 0.5) is 0 Å². The van der Waals surface area contributed by atoms with E-state index in [4.69, 9.17) is 23.6 Å². The van der Waals surface area contributed by atoms with Crippen LogP contribution in [0.5, 0.6) is 0 Å². The number of rotatable bonds is 8. The summed E-state index contributed by atoms with van der Waals surface area (Å²) in [4.78, 5) is 0. The fraction of sp³-hybridized carbons (Fsp3) is 0.211. The summed E-state index contributed by atoms with van der Waals surface area (Å²) in [5.74, 6) is 0. The summed E-state index contributed by atoms with van der Waals surface area (Å²) in [6, 6.07) is 36.6. The molecule has 0 unspecified atom stereocenters. The van der Waals surface area contributed by atoms with Gasteiger partial charge in [0.1, 0.15) is 0 Å². The minimum absolute atomic E-state index is 1.10. The Morgan fingerprint density at radius 2 is 0.833 bits per heavy atom. The second-order valence-corrected chi connectivity index (χ2v) is 20.4. The molecule has 5 aromatic carbocycles. The Labute approximate surface area is 261 Å². The lowest BCUT2D eigenvalue weighted by atomic mass is 9.98. The van der Waals surface area contributed by atoms with E-state index in [0.717, 1.165) is 12.8 Å². The first kappa shape index (κ1) is 28.2. The van der Waals surface area contributed by atoms with Crippen molar-refractivity contribution < 1.29 is 0 Å². The lowest BCUT2D eigenvalue weighted by Gasteiger charge is -2.22. The van der Waals surface area contributed by atoms with Crippen molar-refractivity contribution in [2.24, 2.45) is 0 Å². The van der Waals surface area contributed by atoms with E-state index in [9.17, 15) is 0 Å². The van der Waals surface area contributed by atoms with Crippen molar-refractivity contribution in [1.82, 2.24) is 0 Å². The minimum Gasteiger partial charge on any atom is -0.0826 e. The number of unbranched alkanes of at least 4 members (excludes halogenated alkanes) is 2. The summed E-state index contributed by atoms with van der Waals surface area (Å²) >= 11 is 13.8. The zero-order valence-corrected chi connectivity index (χ0v) is 27.8. The molecule has 5 aromatic rings. The van der Waals surface area contributed by atoms with Crippen molar-refractivity contribution in [3.05, 3.63) is 120 Å². The highest BCUT2D eigenvalue weighted by atomic mass is 32.4. The molecule has 0 radical (unpaired) electrons. The molecule has 0 bridgehead atoms. The Balaban J connectivity index is 1.51. The topological polar surface area (TPSA) is 0 Å². The Bertz CT molecular complexity index is 1770. The SMILES string of the molecule is CCCCc1ccc2c(c1)[P@](=S)(c1ccccc1)c1cc3c(cc1-2)[P@](=S)(c1ccccc1)c1cc(CCCC)ccc1-3. The highest BCUT2D eigenvalue weighted by Crippen LogP contribution is 2.58. The van der Waals surface area contributed by atoms with Gasteiger partial charge >= 0.3 is 0 Å². The van der Waals surface area contributed by atoms with Crippen LogP contribution in [0.15, 0.2) is 109 Å². The molecular weight excluding hydrogens is 583 g/mol. The predicted octanol–water partition coefficient (Wildman–Crippen LogP) is 7.84. The van der Waals surface area contributed by atoms with E-state index in [1.807, 2.05) is 0 Å². The number of hydrogen-bond acceptors (Lipinski definition) is 2. The Kier molecular flexibility index (Phi) is 7.48. The molecule has 2 heterocycles. The maximum absolute atomic E-state index is 6.90. The second-order valence-electron chi connectivity index (χ2n) is 11.7. The van der Waals surface area contributed by atoms with Crippen molar-refractivity contribution in [3.63, 3.8) is 0 Å². The van der Waals surface area contributed by atoms with Crippen LogP contribution in [0, 0.1) is 0 Å². The van der Waals surface area contributed by atoms with Gasteiger partial charge in [-0.1, -0.05) is 135 Å². The molecule has 0 amide bonds. The van der Waals surface area contributed by atoms with E-state index in [1.54, 1.807) is 0 Å². The van der Waals surface area contributed by atoms with Crippen LogP contribution in [0.1, 0.15) is 50.7 Å². The zero-order chi connectivity index (χ0) is 28.9. The minimum atomic E-state index is -2.23. The Hall–Kier alpha value is -2.60. The first-order valence-electron chi connectivity index (χ1n) is 15.3. The molecule has 0 fully saturated rings. The Morgan fingerprint density at radius 1 is 0.452 bits per heavy atom. The van der Waals surface area contributed by atoms with Gasteiger partial charge in [-0.15, -0.1) is 0 Å². The van der Waals surface area contributed by atoms with Crippen LogP contribution in [-0.2, 0) is 36.5 Å². The number of fused-ring (bicyclic) bond motifs is 6. The van der Waals surface area contributed by atoms with Crippen LogP contribution in [0.3, 0.4) is 0 Å². The standard InChI is InChI=1S/C38H36P2S2/c1-3-5-13-27-19-21-31-33-25-38-34(26-37(33)39(41,35(31)23-27)29-15-9-7-10-16-29)32-22-20-28(14-6-4-2)24-36(32)40(38,42)30-17-11-8-12-18-30/h7-12,15-26H,3-6,13-14H2,1-2H3/t39-,40+. The summed E-state index contributed by atoms with van der Waals surface area (Å²) in [6.07, 6.45) is 6.99. The van der Waals surface area contributed by atoms with Crippen molar-refractivity contribution in [1.29, 1.82) is 0 Å². The number of benzene rings is 5. The van der Waals surface area contributed by atoms with E-state index in [0.29, 0.717) is 0 Å². The van der Waals surface area contributed by atoms with Gasteiger partial charge < -0.3 is 0 Å². The molecule has 7 rings (SSSR count). The fourth-order valence-electron chi connectivity index (χ4n) is 6.82. The molecule has 2 aliphatic heterocycles. The summed E-state index contributed by atoms with van der Waals surface area (Å²) < 4.78 is 0. The van der Waals surface area contributed by atoms with E-state index >= 15 is 0 Å². The molecule has 0 N–H and O–H groups in total. The molecule has 0 saturated carbocycles. The third-order valence-corrected chi connectivity index (χ3v) is 18.9. The summed E-state index contributed by atoms with van der Waals surface area (Å²) in [5, 5.41) is 7.95. The van der Waals surface area contributed by atoms with E-state index < -0.39 is 12.1 Å². The van der Waals surface area contributed by atoms with Gasteiger partial charge in [0.25, 0.3) is 0 Å². The van der Waals surface area contributed by atoms with Crippen LogP contribution in [0.25, 0.3) is 22.3 Å². The van der Waals surface area contributed by atoms with Crippen LogP contribution in [0.2, 0.25) is 0 Å². The predicted molar refractivity (Wildman–Crippen MR) is 194 cm³/mol. The second kappa shape index (κ2) is 11.2. The average Bonchev–Trinajstić information content (AvgIpc) is 3.44. The van der Waals surface area contributed by atoms with Gasteiger partial charge in [-0.3, -0.25) is 0 Å². The molecule has 0 nitrogen and oxygen atoms in total. The number of aryl methyl sites for hydroxylation is 2. The molecule has 2 atom stereocenters. The van der Waals surface area contributed by atoms with Crippen molar-refractivity contribution >= 4 is 67.5 Å². The monoisotopic (exact) mass is 618 g/mol. The smallest absolute Gasteiger partial charge is 0.0392 e. The molecule has 0 aliphatic carbocycles. The van der Waals surface area contributed by atoms with Crippen molar-refractivity contribution in [2.75, 3.05) is 0 Å². The highest BCUT2D eigenvalue weighted by molar-refractivity contribution is 8.26. The highest BCUT2D eigenvalue weighted by Gasteiger charge is 2.42. The Morgan fingerprint density at radius 3 is 1.21 bits per heavy atom. The fourth-order valence-corrected chi connectivity index (χ4v) is 15.6. The van der Waals surface area contributed by atoms with Crippen LogP contribution >= 0.6 is 12.1 Å². The molecule has 2 aliphatic rings.